The predicted octanol–water partition coefficient (Wildman–Crippen LogP) is 3.45. The van der Waals surface area contributed by atoms with Crippen LogP contribution in [0.25, 0.3) is 0 Å². The fourth-order valence-electron chi connectivity index (χ4n) is 1.17. The van der Waals surface area contributed by atoms with E-state index < -0.39 is 9.81 Å². The molecular formula is C7H18Cl4N3P. The number of hydrogen-bond acceptors (Lipinski definition) is 3. The molecule has 8 heteroatoms. The van der Waals surface area contributed by atoms with Gasteiger partial charge in [0.2, 0.25) is 0 Å². The quantitative estimate of drug-likeness (QED) is 0.447. The van der Waals surface area contributed by atoms with Gasteiger partial charge in [-0.25, -0.2) is 0 Å². The van der Waals surface area contributed by atoms with Gasteiger partial charge in [0.25, 0.3) is 0 Å². The molecule has 0 heterocycles. The van der Waals surface area contributed by atoms with Crippen molar-refractivity contribution in [3.8, 4) is 0 Å². The minimum absolute atomic E-state index is 1.37. The summed E-state index contributed by atoms with van der Waals surface area (Å²) in [5.41, 5.74) is -3.61. The van der Waals surface area contributed by atoms with Crippen LogP contribution in [-0.2, 0) is 0 Å². The summed E-state index contributed by atoms with van der Waals surface area (Å²) in [5, 5.41) is 0. The fourth-order valence-corrected chi connectivity index (χ4v) is 6.23. The third-order valence-electron chi connectivity index (χ3n) is 2.34. The first-order valence-corrected chi connectivity index (χ1v) is 8.95. The topological polar surface area (TPSA) is 9.72 Å². The maximum atomic E-state index is 6.59. The van der Waals surface area contributed by atoms with Gasteiger partial charge < -0.3 is 0 Å². The molecule has 0 aromatic carbocycles. The zero-order valence-corrected chi connectivity index (χ0v) is 13.7. The molecule has 0 saturated carbocycles. The molecule has 0 aliphatic rings. The number of alkyl halides is 2. The van der Waals surface area contributed by atoms with E-state index in [9.17, 15) is 0 Å². The van der Waals surface area contributed by atoms with Gasteiger partial charge in [-0.3, -0.25) is 0 Å². The van der Waals surface area contributed by atoms with Crippen LogP contribution in [0.15, 0.2) is 0 Å². The van der Waals surface area contributed by atoms with Crippen molar-refractivity contribution in [3.05, 3.63) is 0 Å². The molecule has 0 N–H and O–H groups in total. The van der Waals surface area contributed by atoms with Crippen molar-refractivity contribution >= 4 is 51.3 Å². The summed E-state index contributed by atoms with van der Waals surface area (Å²) in [7, 11) is 10.5. The minimum atomic E-state index is -3.61. The molecule has 0 spiro atoms. The summed E-state index contributed by atoms with van der Waals surface area (Å²) in [5.74, 6) is 0. The van der Waals surface area contributed by atoms with E-state index in [2.05, 4.69) is 0 Å². The molecule has 0 saturated heterocycles. The van der Waals surface area contributed by atoms with E-state index in [0.717, 1.165) is 0 Å². The maximum absolute atomic E-state index is 6.59. The van der Waals surface area contributed by atoms with E-state index in [0.29, 0.717) is 0 Å². The van der Waals surface area contributed by atoms with Crippen LogP contribution in [0.3, 0.4) is 0 Å². The third-order valence-corrected chi connectivity index (χ3v) is 15.1. The van der Waals surface area contributed by atoms with Crippen LogP contribution in [0, 0.1) is 0 Å². The monoisotopic (exact) mass is 315 g/mol. The van der Waals surface area contributed by atoms with Crippen LogP contribution in [-0.4, -0.2) is 60.7 Å². The van der Waals surface area contributed by atoms with Crippen molar-refractivity contribution in [2.24, 2.45) is 0 Å². The summed E-state index contributed by atoms with van der Waals surface area (Å²) in [6.45, 7) is 0. The number of nitrogens with zero attached hydrogens (tertiary/aromatic N) is 3. The molecule has 0 aromatic rings. The molecule has 0 radical (unpaired) electrons. The molecule has 0 bridgehead atoms. The first-order chi connectivity index (χ1) is 6.39. The Morgan fingerprint density at radius 2 is 1.07 bits per heavy atom. The molecule has 0 aliphatic carbocycles. The van der Waals surface area contributed by atoms with Crippen molar-refractivity contribution in [1.82, 2.24) is 14.2 Å². The second kappa shape index (κ2) is 4.62. The molecule has 0 rings (SSSR count). The van der Waals surface area contributed by atoms with Gasteiger partial charge in [0, 0.05) is 0 Å². The second-order valence-corrected chi connectivity index (χ2v) is 14.0. The molecule has 0 amide bonds. The van der Waals surface area contributed by atoms with Crippen LogP contribution in [0.5, 0.6) is 0 Å². The van der Waals surface area contributed by atoms with Gasteiger partial charge in [-0.2, -0.15) is 0 Å². The van der Waals surface area contributed by atoms with Gasteiger partial charge >= 0.3 is 112 Å². The van der Waals surface area contributed by atoms with E-state index in [1.54, 1.807) is 56.5 Å². The number of rotatable bonds is 4. The molecule has 3 nitrogen and oxygen atoms in total. The van der Waals surface area contributed by atoms with E-state index in [4.69, 9.17) is 45.7 Å². The summed E-state index contributed by atoms with van der Waals surface area (Å²) in [4.78, 5) is 1.61. The molecule has 0 unspecified atom stereocenters. The van der Waals surface area contributed by atoms with Gasteiger partial charge in [-0.1, -0.05) is 0 Å². The SMILES string of the molecule is CN(C)C(Cl)(Cl)P(Cl)(Cl)(N(C)C)N(C)C. The van der Waals surface area contributed by atoms with Gasteiger partial charge in [-0.15, -0.1) is 0 Å². The van der Waals surface area contributed by atoms with Gasteiger partial charge in [0.15, 0.2) is 0 Å². The van der Waals surface area contributed by atoms with Crippen LogP contribution in [0.2, 0.25) is 0 Å². The summed E-state index contributed by atoms with van der Waals surface area (Å²) in [6.07, 6.45) is 0. The van der Waals surface area contributed by atoms with Gasteiger partial charge in [-0.05, 0) is 0 Å². The summed E-state index contributed by atoms with van der Waals surface area (Å²) >= 11 is 25.8. The Morgan fingerprint density at radius 3 is 1.13 bits per heavy atom. The fraction of sp³-hybridized carbons (Fsp3) is 1.00. The van der Waals surface area contributed by atoms with Crippen molar-refractivity contribution in [2.75, 3.05) is 42.3 Å². The van der Waals surface area contributed by atoms with E-state index in [1.807, 2.05) is 0 Å². The zero-order valence-electron chi connectivity index (χ0n) is 9.80. The average molecular weight is 317 g/mol. The van der Waals surface area contributed by atoms with Crippen LogP contribution < -0.4 is 0 Å². The van der Waals surface area contributed by atoms with Gasteiger partial charge in [0.1, 0.15) is 0 Å². The Balaban J connectivity index is 5.71. The van der Waals surface area contributed by atoms with Crippen molar-refractivity contribution in [2.45, 2.75) is 4.20 Å². The average Bonchev–Trinajstić information content (AvgIpc) is 2.02. The Morgan fingerprint density at radius 1 is 0.800 bits per heavy atom. The third kappa shape index (κ3) is 2.23. The molecule has 0 aromatic heterocycles. The Hall–Kier alpha value is 1.47. The van der Waals surface area contributed by atoms with Crippen LogP contribution >= 0.6 is 51.3 Å². The number of halogens is 4. The Labute approximate surface area is 112 Å². The Bertz CT molecular complexity index is 230. The predicted molar refractivity (Wildman–Crippen MR) is 74.1 cm³/mol. The zero-order chi connectivity index (χ0) is 12.7. The molecular weight excluding hydrogens is 299 g/mol. The van der Waals surface area contributed by atoms with Crippen molar-refractivity contribution < 1.29 is 0 Å². The molecule has 0 atom stereocenters. The second-order valence-electron chi connectivity index (χ2n) is 3.92. The first kappa shape index (κ1) is 16.5. The van der Waals surface area contributed by atoms with Crippen LogP contribution in [0.4, 0.5) is 0 Å². The van der Waals surface area contributed by atoms with E-state index in [1.165, 1.54) is 0 Å². The Kier molecular flexibility index (Phi) is 5.08. The van der Waals surface area contributed by atoms with E-state index >= 15 is 0 Å². The standard InChI is InChI=1S/C7H18Cl4N3P/c1-12(2)7(8,9)15(10,11,13(3)4)14(5)6/h1-6H3. The van der Waals surface area contributed by atoms with Crippen molar-refractivity contribution in [3.63, 3.8) is 0 Å². The molecule has 0 aliphatic heterocycles. The van der Waals surface area contributed by atoms with Crippen LogP contribution in [0.1, 0.15) is 0 Å². The normalized spacial score (nSPS) is 17.3. The summed E-state index contributed by atoms with van der Waals surface area (Å²) in [6, 6.07) is 0. The van der Waals surface area contributed by atoms with Gasteiger partial charge in [0.05, 0.1) is 0 Å². The van der Waals surface area contributed by atoms with Crippen molar-refractivity contribution in [1.29, 1.82) is 0 Å². The molecule has 94 valence electrons. The summed E-state index contributed by atoms with van der Waals surface area (Å²) < 4.78 is 2.01. The molecule has 15 heavy (non-hydrogen) atoms. The first-order valence-electron chi connectivity index (χ1n) is 4.25. The molecule has 0 fully saturated rings. The van der Waals surface area contributed by atoms with E-state index in [-0.39, 0.29) is 0 Å². The number of hydrogen-bond donors (Lipinski definition) is 0.